The summed E-state index contributed by atoms with van der Waals surface area (Å²) in [7, 11) is 3.30. The number of hydrogen-bond donors (Lipinski definition) is 2. The number of ether oxygens (including phenoxy) is 3. The first kappa shape index (κ1) is 24.9. The van der Waals surface area contributed by atoms with E-state index >= 15 is 0 Å². The zero-order valence-electron chi connectivity index (χ0n) is 22.3. The average molecular weight is 499 g/mol. The summed E-state index contributed by atoms with van der Waals surface area (Å²) in [6, 6.07) is 16.1. The maximum atomic E-state index is 12.9. The van der Waals surface area contributed by atoms with Gasteiger partial charge in [0.1, 0.15) is 11.5 Å². The van der Waals surface area contributed by atoms with Gasteiger partial charge in [-0.2, -0.15) is 0 Å². The Balaban J connectivity index is 1.71. The molecule has 3 aromatic carbocycles. The molecule has 0 saturated heterocycles. The van der Waals surface area contributed by atoms with Crippen LogP contribution < -0.4 is 20.1 Å². The van der Waals surface area contributed by atoms with Crippen LogP contribution >= 0.6 is 0 Å². The first-order valence-corrected chi connectivity index (χ1v) is 12.6. The van der Waals surface area contributed by atoms with Crippen LogP contribution in [0.1, 0.15) is 59.5 Å². The Morgan fingerprint density at radius 2 is 1.89 bits per heavy atom. The minimum atomic E-state index is -0.402. The zero-order valence-corrected chi connectivity index (χ0v) is 22.3. The van der Waals surface area contributed by atoms with Crippen molar-refractivity contribution in [3.8, 4) is 22.6 Å². The fourth-order valence-electron chi connectivity index (χ4n) is 5.56. The summed E-state index contributed by atoms with van der Waals surface area (Å²) < 4.78 is 17.6. The summed E-state index contributed by atoms with van der Waals surface area (Å²) in [4.78, 5) is 12.9. The molecule has 2 heterocycles. The van der Waals surface area contributed by atoms with Crippen molar-refractivity contribution in [2.75, 3.05) is 32.7 Å². The lowest BCUT2D eigenvalue weighted by Crippen LogP contribution is -2.32. The number of amides is 1. The number of nitrogens with one attached hydrogen (secondary N) is 2. The van der Waals surface area contributed by atoms with Crippen LogP contribution in [0.5, 0.6) is 11.5 Å². The summed E-state index contributed by atoms with van der Waals surface area (Å²) in [5, 5.41) is 6.60. The number of carbonyl (C=O) groups excluding carboxylic acids is 1. The molecule has 6 nitrogen and oxygen atoms in total. The predicted octanol–water partition coefficient (Wildman–Crippen LogP) is 6.14. The number of methoxy groups -OCH3 is 2. The van der Waals surface area contributed by atoms with Gasteiger partial charge < -0.3 is 24.8 Å². The quantitative estimate of drug-likeness (QED) is 0.400. The molecule has 2 N–H and O–H groups in total. The van der Waals surface area contributed by atoms with Crippen molar-refractivity contribution in [3.63, 3.8) is 0 Å². The maximum absolute atomic E-state index is 12.9. The predicted molar refractivity (Wildman–Crippen MR) is 148 cm³/mol. The van der Waals surface area contributed by atoms with E-state index in [9.17, 15) is 4.79 Å². The third kappa shape index (κ3) is 4.58. The van der Waals surface area contributed by atoms with E-state index in [4.69, 9.17) is 14.2 Å². The molecule has 0 saturated carbocycles. The first-order chi connectivity index (χ1) is 17.7. The summed E-state index contributed by atoms with van der Waals surface area (Å²) in [5.41, 5.74) is 8.84. The summed E-state index contributed by atoms with van der Waals surface area (Å²) >= 11 is 0. The number of benzene rings is 3. The summed E-state index contributed by atoms with van der Waals surface area (Å²) in [5.74, 6) is 1.40. The van der Waals surface area contributed by atoms with E-state index in [1.165, 1.54) is 5.57 Å². The highest BCUT2D eigenvalue weighted by atomic mass is 16.5. The monoisotopic (exact) mass is 498 g/mol. The topological polar surface area (TPSA) is 68.8 Å². The lowest BCUT2D eigenvalue weighted by molar-refractivity contribution is 0.0936. The van der Waals surface area contributed by atoms with Crippen LogP contribution in [0.2, 0.25) is 0 Å². The number of rotatable bonds is 6. The fourth-order valence-corrected chi connectivity index (χ4v) is 5.56. The average Bonchev–Trinajstić information content (AvgIpc) is 2.86. The van der Waals surface area contributed by atoms with Crippen LogP contribution in [0, 0.1) is 6.92 Å². The van der Waals surface area contributed by atoms with Crippen molar-refractivity contribution in [1.82, 2.24) is 5.32 Å². The van der Waals surface area contributed by atoms with E-state index in [0.29, 0.717) is 18.7 Å². The molecule has 0 spiro atoms. The molecule has 37 heavy (non-hydrogen) atoms. The molecule has 1 atom stereocenters. The molecular formula is C31H34N2O4. The van der Waals surface area contributed by atoms with Crippen LogP contribution in [0.3, 0.4) is 0 Å². The molecule has 2 aliphatic rings. The van der Waals surface area contributed by atoms with E-state index in [2.05, 4.69) is 55.7 Å². The third-order valence-corrected chi connectivity index (χ3v) is 6.91. The first-order valence-electron chi connectivity index (χ1n) is 12.6. The Morgan fingerprint density at radius 1 is 1.08 bits per heavy atom. The minimum absolute atomic E-state index is 0.130. The van der Waals surface area contributed by atoms with E-state index in [1.807, 2.05) is 37.3 Å². The van der Waals surface area contributed by atoms with Crippen LogP contribution in [-0.2, 0) is 4.74 Å². The highest BCUT2D eigenvalue weighted by Crippen LogP contribution is 2.53. The molecule has 1 amide bonds. The normalized spacial score (nSPS) is 16.8. The number of aryl methyl sites for hydroxylation is 1. The van der Waals surface area contributed by atoms with Crippen molar-refractivity contribution in [2.45, 2.75) is 39.3 Å². The fraction of sp³-hybridized carbons (Fsp3) is 0.323. The van der Waals surface area contributed by atoms with Crippen LogP contribution in [-0.4, -0.2) is 38.8 Å². The molecule has 3 aromatic rings. The lowest BCUT2D eigenvalue weighted by atomic mass is 9.80. The standard InChI is InChI=1S/C31H34N2O4/c1-18-14-20(16-21(15-18)30(34)32-12-13-35-5)29-28-22(27-24(36-6)8-7-9-25(27)37-29)10-11-23-26(28)19(2)17-31(3,4)33-23/h7-11,14-17,29,33H,12-13H2,1-6H3,(H,32,34). The van der Waals surface area contributed by atoms with E-state index in [-0.39, 0.29) is 11.4 Å². The molecule has 0 bridgehead atoms. The van der Waals surface area contributed by atoms with Crippen molar-refractivity contribution in [2.24, 2.45) is 0 Å². The van der Waals surface area contributed by atoms with Gasteiger partial charge in [-0.1, -0.05) is 24.3 Å². The Morgan fingerprint density at radius 3 is 2.65 bits per heavy atom. The SMILES string of the molecule is COCCNC(=O)c1cc(C)cc(C2Oc3cccc(OC)c3-c3ccc4c(c32)C(C)=CC(C)(C)N4)c1. The number of carbonyl (C=O) groups is 1. The van der Waals surface area contributed by atoms with Gasteiger partial charge in [0, 0.05) is 36.0 Å². The number of anilines is 1. The Hall–Kier alpha value is -3.77. The molecule has 0 radical (unpaired) electrons. The largest absolute Gasteiger partial charge is 0.496 e. The van der Waals surface area contributed by atoms with Gasteiger partial charge in [0.05, 0.1) is 24.8 Å². The van der Waals surface area contributed by atoms with Gasteiger partial charge in [-0.3, -0.25) is 4.79 Å². The second-order valence-corrected chi connectivity index (χ2v) is 10.3. The second kappa shape index (κ2) is 9.60. The number of fused-ring (bicyclic) bond motifs is 5. The van der Waals surface area contributed by atoms with Crippen LogP contribution in [0.4, 0.5) is 5.69 Å². The van der Waals surface area contributed by atoms with Gasteiger partial charge in [-0.25, -0.2) is 0 Å². The lowest BCUT2D eigenvalue weighted by Gasteiger charge is -2.37. The highest BCUT2D eigenvalue weighted by molar-refractivity contribution is 5.95. The second-order valence-electron chi connectivity index (χ2n) is 10.3. The van der Waals surface area contributed by atoms with Gasteiger partial charge in [0.25, 0.3) is 5.91 Å². The van der Waals surface area contributed by atoms with Crippen molar-refractivity contribution < 1.29 is 19.0 Å². The molecule has 0 aromatic heterocycles. The smallest absolute Gasteiger partial charge is 0.251 e. The molecule has 192 valence electrons. The van der Waals surface area contributed by atoms with E-state index in [1.54, 1.807) is 14.2 Å². The molecular weight excluding hydrogens is 464 g/mol. The van der Waals surface area contributed by atoms with Gasteiger partial charge in [-0.15, -0.1) is 0 Å². The highest BCUT2D eigenvalue weighted by Gasteiger charge is 2.36. The van der Waals surface area contributed by atoms with Crippen molar-refractivity contribution >= 4 is 17.2 Å². The van der Waals surface area contributed by atoms with Gasteiger partial charge in [-0.05, 0) is 80.3 Å². The maximum Gasteiger partial charge on any atom is 0.251 e. The van der Waals surface area contributed by atoms with Crippen molar-refractivity contribution in [1.29, 1.82) is 0 Å². The Labute approximate surface area is 218 Å². The Bertz CT molecular complexity index is 1410. The molecule has 5 rings (SSSR count). The van der Waals surface area contributed by atoms with Gasteiger partial charge in [0.15, 0.2) is 6.10 Å². The molecule has 6 heteroatoms. The van der Waals surface area contributed by atoms with Gasteiger partial charge in [0.2, 0.25) is 0 Å². The molecule has 0 aliphatic carbocycles. The van der Waals surface area contributed by atoms with E-state index in [0.717, 1.165) is 50.6 Å². The Kier molecular flexibility index (Phi) is 6.46. The van der Waals surface area contributed by atoms with Gasteiger partial charge >= 0.3 is 0 Å². The zero-order chi connectivity index (χ0) is 26.3. The number of allylic oxidation sites excluding steroid dienone is 1. The molecule has 2 aliphatic heterocycles. The van der Waals surface area contributed by atoms with E-state index < -0.39 is 6.10 Å². The number of hydrogen-bond acceptors (Lipinski definition) is 5. The molecule has 0 fully saturated rings. The third-order valence-electron chi connectivity index (χ3n) is 6.91. The van der Waals surface area contributed by atoms with Crippen LogP contribution in [0.15, 0.2) is 54.6 Å². The minimum Gasteiger partial charge on any atom is -0.496 e. The summed E-state index contributed by atoms with van der Waals surface area (Å²) in [6.07, 6.45) is 1.86. The van der Waals surface area contributed by atoms with Crippen molar-refractivity contribution in [3.05, 3.63) is 82.4 Å². The van der Waals surface area contributed by atoms with Crippen LogP contribution in [0.25, 0.3) is 16.7 Å². The summed E-state index contributed by atoms with van der Waals surface area (Å²) in [6.45, 7) is 9.41. The molecule has 1 unspecified atom stereocenters.